The summed E-state index contributed by atoms with van der Waals surface area (Å²) in [4.78, 5) is 2.64. The van der Waals surface area contributed by atoms with Crippen molar-refractivity contribution in [2.24, 2.45) is 11.8 Å². The minimum Gasteiger partial charge on any atom is -0.300 e. The van der Waals surface area contributed by atoms with E-state index in [4.69, 9.17) is 0 Å². The van der Waals surface area contributed by atoms with Crippen molar-refractivity contribution < 1.29 is 0 Å². The van der Waals surface area contributed by atoms with Crippen molar-refractivity contribution in [3.8, 4) is 0 Å². The number of hydrogen-bond acceptors (Lipinski definition) is 1. The van der Waals surface area contributed by atoms with Crippen molar-refractivity contribution >= 4 is 0 Å². The molecule has 0 aromatic heterocycles. The molecule has 3 unspecified atom stereocenters. The number of piperidine rings is 1. The van der Waals surface area contributed by atoms with Gasteiger partial charge in [-0.15, -0.1) is 0 Å². The molecule has 0 aromatic carbocycles. The molecule has 1 aliphatic heterocycles. The minimum absolute atomic E-state index is 0.792. The Kier molecular flexibility index (Phi) is 3.57. The largest absolute Gasteiger partial charge is 0.300 e. The van der Waals surface area contributed by atoms with Gasteiger partial charge in [-0.05, 0) is 38.1 Å². The summed E-state index contributed by atoms with van der Waals surface area (Å²) >= 11 is 0. The van der Waals surface area contributed by atoms with Gasteiger partial charge in [0.05, 0.1) is 0 Å². The molecule has 1 rings (SSSR count). The third-order valence-corrected chi connectivity index (χ3v) is 3.58. The van der Waals surface area contributed by atoms with Crippen molar-refractivity contribution in [1.29, 1.82) is 0 Å². The highest BCUT2D eigenvalue weighted by molar-refractivity contribution is 4.77. The summed E-state index contributed by atoms with van der Waals surface area (Å²) in [6.07, 6.45) is 2.69. The third-order valence-electron chi connectivity index (χ3n) is 3.58. The molecule has 0 spiro atoms. The molecule has 3 atom stereocenters. The fourth-order valence-corrected chi connectivity index (χ4v) is 1.95. The standard InChI is InChI=1S/C11H23N/c1-5-11(4)12-7-6-9(2)10(3)8-12/h9-11H,5-8H2,1-4H3. The van der Waals surface area contributed by atoms with E-state index in [1.165, 1.54) is 25.9 Å². The molecule has 0 aromatic rings. The van der Waals surface area contributed by atoms with Gasteiger partial charge in [0.25, 0.3) is 0 Å². The van der Waals surface area contributed by atoms with Crippen LogP contribution < -0.4 is 0 Å². The average molecular weight is 169 g/mol. The van der Waals surface area contributed by atoms with Crippen LogP contribution in [0.1, 0.15) is 40.5 Å². The van der Waals surface area contributed by atoms with E-state index in [2.05, 4.69) is 32.6 Å². The second-order valence-electron chi connectivity index (χ2n) is 4.50. The van der Waals surface area contributed by atoms with Gasteiger partial charge in [0.15, 0.2) is 0 Å². The molecule has 0 aliphatic carbocycles. The Balaban J connectivity index is 2.39. The SMILES string of the molecule is CCC(C)N1CCC(C)C(C)C1. The molecule has 0 radical (unpaired) electrons. The summed E-state index contributed by atoms with van der Waals surface area (Å²) in [5.74, 6) is 1.83. The van der Waals surface area contributed by atoms with Crippen LogP contribution >= 0.6 is 0 Å². The van der Waals surface area contributed by atoms with Crippen LogP contribution in [-0.2, 0) is 0 Å². The highest BCUT2D eigenvalue weighted by atomic mass is 15.2. The van der Waals surface area contributed by atoms with Crippen LogP contribution in [0.2, 0.25) is 0 Å². The topological polar surface area (TPSA) is 3.24 Å². The molecule has 1 saturated heterocycles. The normalized spacial score (nSPS) is 35.0. The lowest BCUT2D eigenvalue weighted by Gasteiger charge is -2.38. The van der Waals surface area contributed by atoms with Crippen LogP contribution in [0.4, 0.5) is 0 Å². The average Bonchev–Trinajstić information content (AvgIpc) is 2.08. The van der Waals surface area contributed by atoms with E-state index in [0.717, 1.165) is 17.9 Å². The maximum atomic E-state index is 2.64. The van der Waals surface area contributed by atoms with E-state index in [0.29, 0.717) is 0 Å². The molecule has 12 heavy (non-hydrogen) atoms. The molecule has 1 aliphatic rings. The molecule has 0 bridgehead atoms. The molecule has 0 amide bonds. The monoisotopic (exact) mass is 169 g/mol. The molecule has 0 N–H and O–H groups in total. The zero-order valence-corrected chi connectivity index (χ0v) is 9.01. The summed E-state index contributed by atoms with van der Waals surface area (Å²) in [6, 6.07) is 0.792. The van der Waals surface area contributed by atoms with Gasteiger partial charge in [-0.2, -0.15) is 0 Å². The summed E-state index contributed by atoms with van der Waals surface area (Å²) in [6.45, 7) is 12.0. The number of rotatable bonds is 2. The zero-order chi connectivity index (χ0) is 9.14. The van der Waals surface area contributed by atoms with Gasteiger partial charge in [-0.3, -0.25) is 0 Å². The van der Waals surface area contributed by atoms with E-state index in [9.17, 15) is 0 Å². The van der Waals surface area contributed by atoms with E-state index in [1.807, 2.05) is 0 Å². The summed E-state index contributed by atoms with van der Waals surface area (Å²) in [5.41, 5.74) is 0. The summed E-state index contributed by atoms with van der Waals surface area (Å²) in [7, 11) is 0. The van der Waals surface area contributed by atoms with Crippen LogP contribution in [0, 0.1) is 11.8 Å². The number of likely N-dealkylation sites (tertiary alicyclic amines) is 1. The maximum absolute atomic E-state index is 2.64. The van der Waals surface area contributed by atoms with Crippen LogP contribution in [0.3, 0.4) is 0 Å². The van der Waals surface area contributed by atoms with Gasteiger partial charge < -0.3 is 4.90 Å². The smallest absolute Gasteiger partial charge is 0.00644 e. The van der Waals surface area contributed by atoms with Crippen molar-refractivity contribution in [2.45, 2.75) is 46.6 Å². The van der Waals surface area contributed by atoms with Gasteiger partial charge in [0.2, 0.25) is 0 Å². The molecule has 1 nitrogen and oxygen atoms in total. The first-order valence-electron chi connectivity index (χ1n) is 5.39. The molecular formula is C11H23N. The van der Waals surface area contributed by atoms with E-state index in [-0.39, 0.29) is 0 Å². The van der Waals surface area contributed by atoms with Gasteiger partial charge >= 0.3 is 0 Å². The molecule has 0 saturated carbocycles. The highest BCUT2D eigenvalue weighted by Crippen LogP contribution is 2.24. The van der Waals surface area contributed by atoms with E-state index >= 15 is 0 Å². The first-order valence-corrected chi connectivity index (χ1v) is 5.39. The lowest BCUT2D eigenvalue weighted by molar-refractivity contribution is 0.101. The van der Waals surface area contributed by atoms with Crippen LogP contribution in [-0.4, -0.2) is 24.0 Å². The van der Waals surface area contributed by atoms with E-state index in [1.54, 1.807) is 0 Å². The molecule has 72 valence electrons. The molecule has 1 heterocycles. The first kappa shape index (κ1) is 10.0. The molecule has 1 fully saturated rings. The van der Waals surface area contributed by atoms with Crippen LogP contribution in [0.25, 0.3) is 0 Å². The lowest BCUT2D eigenvalue weighted by Crippen LogP contribution is -2.43. The number of hydrogen-bond donors (Lipinski definition) is 0. The van der Waals surface area contributed by atoms with E-state index < -0.39 is 0 Å². The highest BCUT2D eigenvalue weighted by Gasteiger charge is 2.24. The predicted molar refractivity (Wildman–Crippen MR) is 54.3 cm³/mol. The second-order valence-corrected chi connectivity index (χ2v) is 4.50. The van der Waals surface area contributed by atoms with Crippen molar-refractivity contribution in [3.63, 3.8) is 0 Å². The molecular weight excluding hydrogens is 146 g/mol. The van der Waals surface area contributed by atoms with Gasteiger partial charge in [0.1, 0.15) is 0 Å². The Morgan fingerprint density at radius 1 is 1.33 bits per heavy atom. The van der Waals surface area contributed by atoms with Crippen LogP contribution in [0.15, 0.2) is 0 Å². The fraction of sp³-hybridized carbons (Fsp3) is 1.00. The lowest BCUT2D eigenvalue weighted by atomic mass is 9.88. The summed E-state index contributed by atoms with van der Waals surface area (Å²) in [5, 5.41) is 0. The third kappa shape index (κ3) is 2.22. The first-order chi connectivity index (χ1) is 5.65. The Morgan fingerprint density at radius 2 is 2.00 bits per heavy atom. The fourth-order valence-electron chi connectivity index (χ4n) is 1.95. The van der Waals surface area contributed by atoms with Crippen LogP contribution in [0.5, 0.6) is 0 Å². The Labute approximate surface area is 77.1 Å². The van der Waals surface area contributed by atoms with Crippen molar-refractivity contribution in [2.75, 3.05) is 13.1 Å². The Morgan fingerprint density at radius 3 is 2.50 bits per heavy atom. The second kappa shape index (κ2) is 4.27. The summed E-state index contributed by atoms with van der Waals surface area (Å²) < 4.78 is 0. The van der Waals surface area contributed by atoms with Gasteiger partial charge in [-0.1, -0.05) is 20.8 Å². The quantitative estimate of drug-likeness (QED) is 0.614. The van der Waals surface area contributed by atoms with Crippen molar-refractivity contribution in [3.05, 3.63) is 0 Å². The zero-order valence-electron chi connectivity index (χ0n) is 9.01. The minimum atomic E-state index is 0.792. The van der Waals surface area contributed by atoms with Gasteiger partial charge in [0, 0.05) is 12.6 Å². The van der Waals surface area contributed by atoms with Crippen molar-refractivity contribution in [1.82, 2.24) is 4.90 Å². The Hall–Kier alpha value is -0.0400. The predicted octanol–water partition coefficient (Wildman–Crippen LogP) is 2.76. The Bertz CT molecular complexity index is 133. The molecule has 1 heteroatoms. The van der Waals surface area contributed by atoms with Gasteiger partial charge in [-0.25, -0.2) is 0 Å². The maximum Gasteiger partial charge on any atom is 0.00644 e. The number of nitrogens with zero attached hydrogens (tertiary/aromatic N) is 1.